The van der Waals surface area contributed by atoms with Gasteiger partial charge in [0.25, 0.3) is 5.69 Å². The SMILES string of the molecule is Cc1nn(C)c(Cn2cc([N+](=O)[O-])cc2C(=O)O)c1Br. The molecule has 0 saturated carbocycles. The summed E-state index contributed by atoms with van der Waals surface area (Å²) in [7, 11) is 1.73. The molecule has 2 aromatic heterocycles. The van der Waals surface area contributed by atoms with Crippen molar-refractivity contribution < 1.29 is 14.8 Å². The van der Waals surface area contributed by atoms with E-state index < -0.39 is 10.9 Å². The zero-order valence-corrected chi connectivity index (χ0v) is 12.3. The molecule has 0 aliphatic heterocycles. The molecule has 0 atom stereocenters. The summed E-state index contributed by atoms with van der Waals surface area (Å²) in [5.41, 5.74) is 1.11. The lowest BCUT2D eigenvalue weighted by molar-refractivity contribution is -0.384. The highest BCUT2D eigenvalue weighted by Crippen LogP contribution is 2.24. The molecule has 0 fully saturated rings. The van der Waals surface area contributed by atoms with E-state index in [1.165, 1.54) is 10.8 Å². The van der Waals surface area contributed by atoms with Crippen LogP contribution in [-0.4, -0.2) is 30.3 Å². The fraction of sp³-hybridized carbons (Fsp3) is 0.273. The van der Waals surface area contributed by atoms with Gasteiger partial charge in [-0.1, -0.05) is 0 Å². The monoisotopic (exact) mass is 342 g/mol. The third kappa shape index (κ3) is 2.44. The van der Waals surface area contributed by atoms with E-state index in [2.05, 4.69) is 21.0 Å². The molecule has 0 saturated heterocycles. The Bertz CT molecular complexity index is 704. The number of carboxylic acids is 1. The van der Waals surface area contributed by atoms with E-state index in [9.17, 15) is 14.9 Å². The van der Waals surface area contributed by atoms with E-state index in [4.69, 9.17) is 5.11 Å². The summed E-state index contributed by atoms with van der Waals surface area (Å²) >= 11 is 3.38. The topological polar surface area (TPSA) is 103 Å². The zero-order chi connectivity index (χ0) is 15.0. The van der Waals surface area contributed by atoms with Crippen molar-refractivity contribution in [1.82, 2.24) is 14.3 Å². The number of halogens is 1. The van der Waals surface area contributed by atoms with Crippen molar-refractivity contribution in [3.8, 4) is 0 Å². The maximum absolute atomic E-state index is 11.1. The summed E-state index contributed by atoms with van der Waals surface area (Å²) in [6, 6.07) is 1.04. The summed E-state index contributed by atoms with van der Waals surface area (Å²) in [6.07, 6.45) is 1.21. The maximum atomic E-state index is 11.1. The van der Waals surface area contributed by atoms with Crippen molar-refractivity contribution in [3.05, 3.63) is 43.9 Å². The molecular formula is C11H11BrN4O4. The maximum Gasteiger partial charge on any atom is 0.352 e. The molecule has 1 N–H and O–H groups in total. The molecule has 2 aromatic rings. The first kappa shape index (κ1) is 14.3. The van der Waals surface area contributed by atoms with Gasteiger partial charge in [-0.2, -0.15) is 5.10 Å². The first-order valence-electron chi connectivity index (χ1n) is 5.57. The predicted molar refractivity (Wildman–Crippen MR) is 72.8 cm³/mol. The quantitative estimate of drug-likeness (QED) is 0.675. The molecule has 9 heteroatoms. The van der Waals surface area contributed by atoms with Crippen molar-refractivity contribution >= 4 is 27.6 Å². The number of aromatic carboxylic acids is 1. The van der Waals surface area contributed by atoms with Gasteiger partial charge in [-0.15, -0.1) is 0 Å². The van der Waals surface area contributed by atoms with Crippen molar-refractivity contribution in [3.63, 3.8) is 0 Å². The number of nitro groups is 1. The second-order valence-corrected chi connectivity index (χ2v) is 5.04. The van der Waals surface area contributed by atoms with Gasteiger partial charge in [0.2, 0.25) is 0 Å². The molecule has 0 aromatic carbocycles. The van der Waals surface area contributed by atoms with E-state index >= 15 is 0 Å². The van der Waals surface area contributed by atoms with Crippen LogP contribution in [-0.2, 0) is 13.6 Å². The molecule has 0 aliphatic rings. The number of aromatic nitrogens is 3. The highest BCUT2D eigenvalue weighted by atomic mass is 79.9. The Morgan fingerprint density at radius 1 is 1.60 bits per heavy atom. The summed E-state index contributed by atoms with van der Waals surface area (Å²) in [6.45, 7) is 1.98. The van der Waals surface area contributed by atoms with Crippen LogP contribution >= 0.6 is 15.9 Å². The van der Waals surface area contributed by atoms with Crippen molar-refractivity contribution in [2.24, 2.45) is 7.05 Å². The number of hydrogen-bond acceptors (Lipinski definition) is 4. The lowest BCUT2D eigenvalue weighted by atomic mass is 10.3. The summed E-state index contributed by atoms with van der Waals surface area (Å²) < 4.78 is 3.69. The predicted octanol–water partition coefficient (Wildman–Crippen LogP) is 1.95. The van der Waals surface area contributed by atoms with Crippen LogP contribution in [0.3, 0.4) is 0 Å². The second-order valence-electron chi connectivity index (χ2n) is 4.24. The molecule has 20 heavy (non-hydrogen) atoms. The highest BCUT2D eigenvalue weighted by molar-refractivity contribution is 9.10. The Morgan fingerprint density at radius 3 is 2.70 bits per heavy atom. The third-order valence-corrected chi connectivity index (χ3v) is 3.93. The molecule has 8 nitrogen and oxygen atoms in total. The van der Waals surface area contributed by atoms with Crippen molar-refractivity contribution in [1.29, 1.82) is 0 Å². The Balaban J connectivity index is 2.47. The van der Waals surface area contributed by atoms with Gasteiger partial charge < -0.3 is 9.67 Å². The van der Waals surface area contributed by atoms with E-state index in [1.54, 1.807) is 11.7 Å². The molecule has 106 valence electrons. The van der Waals surface area contributed by atoms with Crippen LogP contribution in [0, 0.1) is 17.0 Å². The standard InChI is InChI=1S/C11H11BrN4O4/c1-6-10(12)9(14(2)13-6)5-15-4-7(16(19)20)3-8(15)11(17)18/h3-4H,5H2,1-2H3,(H,17,18). The molecule has 0 bridgehead atoms. The number of hydrogen-bond donors (Lipinski definition) is 1. The number of carbonyl (C=O) groups is 1. The molecule has 0 unspecified atom stereocenters. The molecule has 0 amide bonds. The zero-order valence-electron chi connectivity index (χ0n) is 10.7. The highest BCUT2D eigenvalue weighted by Gasteiger charge is 2.21. The normalized spacial score (nSPS) is 10.8. The van der Waals surface area contributed by atoms with Crippen LogP contribution in [0.25, 0.3) is 0 Å². The van der Waals surface area contributed by atoms with E-state index in [-0.39, 0.29) is 17.9 Å². The van der Waals surface area contributed by atoms with E-state index in [0.29, 0.717) is 0 Å². The molecule has 0 radical (unpaired) electrons. The Labute approximate surface area is 121 Å². The molecule has 2 heterocycles. The van der Waals surface area contributed by atoms with Gasteiger partial charge in [0.15, 0.2) is 0 Å². The van der Waals surface area contributed by atoms with E-state index in [1.807, 2.05) is 6.92 Å². The van der Waals surface area contributed by atoms with Crippen LogP contribution in [0.5, 0.6) is 0 Å². The summed E-state index contributed by atoms with van der Waals surface area (Å²) in [4.78, 5) is 21.3. The first-order chi connectivity index (χ1) is 9.31. The van der Waals surface area contributed by atoms with Crippen molar-refractivity contribution in [2.75, 3.05) is 0 Å². The Hall–Kier alpha value is -2.16. The minimum atomic E-state index is -1.21. The van der Waals surface area contributed by atoms with Gasteiger partial charge in [-0.25, -0.2) is 4.79 Å². The number of carboxylic acid groups (broad SMARTS) is 1. The molecule has 0 aliphatic carbocycles. The minimum absolute atomic E-state index is 0.137. The largest absolute Gasteiger partial charge is 0.477 e. The second kappa shape index (κ2) is 5.08. The smallest absolute Gasteiger partial charge is 0.352 e. The molecule has 0 spiro atoms. The fourth-order valence-electron chi connectivity index (χ4n) is 1.92. The number of rotatable bonds is 4. The Morgan fingerprint density at radius 2 is 2.25 bits per heavy atom. The van der Waals surface area contributed by atoms with Gasteiger partial charge in [0, 0.05) is 13.1 Å². The number of aryl methyl sites for hydroxylation is 2. The van der Waals surface area contributed by atoms with E-state index in [0.717, 1.165) is 21.9 Å². The minimum Gasteiger partial charge on any atom is -0.477 e. The first-order valence-corrected chi connectivity index (χ1v) is 6.36. The van der Waals surface area contributed by atoms with Crippen LogP contribution < -0.4 is 0 Å². The fourth-order valence-corrected chi connectivity index (χ4v) is 2.38. The van der Waals surface area contributed by atoms with Crippen LogP contribution in [0.1, 0.15) is 21.9 Å². The Kier molecular flexibility index (Phi) is 3.62. The van der Waals surface area contributed by atoms with Crippen molar-refractivity contribution in [2.45, 2.75) is 13.5 Å². The number of nitrogens with zero attached hydrogens (tertiary/aromatic N) is 4. The summed E-state index contributed by atoms with van der Waals surface area (Å²) in [5, 5.41) is 24.1. The van der Waals surface area contributed by atoms with Gasteiger partial charge in [-0.05, 0) is 22.9 Å². The average Bonchev–Trinajstić information content (AvgIpc) is 2.87. The lowest BCUT2D eigenvalue weighted by Gasteiger charge is -2.06. The third-order valence-electron chi connectivity index (χ3n) is 2.89. The van der Waals surface area contributed by atoms with Gasteiger partial charge in [0.1, 0.15) is 5.69 Å². The van der Waals surface area contributed by atoms with Crippen LogP contribution in [0.2, 0.25) is 0 Å². The van der Waals surface area contributed by atoms with Gasteiger partial charge >= 0.3 is 5.97 Å². The van der Waals surface area contributed by atoms with Crippen LogP contribution in [0.4, 0.5) is 5.69 Å². The van der Waals surface area contributed by atoms with Gasteiger partial charge in [0.05, 0.1) is 33.5 Å². The summed E-state index contributed by atoms with van der Waals surface area (Å²) in [5.74, 6) is -1.21. The van der Waals surface area contributed by atoms with Gasteiger partial charge in [-0.3, -0.25) is 14.8 Å². The van der Waals surface area contributed by atoms with Crippen LogP contribution in [0.15, 0.2) is 16.7 Å². The molecular weight excluding hydrogens is 332 g/mol. The molecule has 2 rings (SSSR count). The average molecular weight is 343 g/mol. The lowest BCUT2D eigenvalue weighted by Crippen LogP contribution is -2.11.